The molecule has 0 saturated heterocycles. The summed E-state index contributed by atoms with van der Waals surface area (Å²) in [6.45, 7) is 4.49. The van der Waals surface area contributed by atoms with E-state index in [-0.39, 0.29) is 5.54 Å². The molecule has 0 aliphatic heterocycles. The topological polar surface area (TPSA) is 26.0 Å². The lowest BCUT2D eigenvalue weighted by molar-refractivity contribution is 0.418. The largest absolute Gasteiger partial charge is 0.325 e. The summed E-state index contributed by atoms with van der Waals surface area (Å²) in [4.78, 5) is 0. The van der Waals surface area contributed by atoms with Crippen LogP contribution in [0.4, 0.5) is 0 Å². The lowest BCUT2D eigenvalue weighted by atomic mass is 9.80. The Balaban J connectivity index is 1.62. The molecule has 24 heavy (non-hydrogen) atoms. The van der Waals surface area contributed by atoms with Crippen LogP contribution in [0.1, 0.15) is 87.8 Å². The summed E-state index contributed by atoms with van der Waals surface area (Å²) in [5.41, 5.74) is 11.4. The number of aryl methyl sites for hydroxylation is 1. The molecule has 0 radical (unpaired) electrons. The van der Waals surface area contributed by atoms with Gasteiger partial charge in [-0.1, -0.05) is 50.6 Å². The minimum absolute atomic E-state index is 0.0937. The Morgan fingerprint density at radius 1 is 1.17 bits per heavy atom. The quantitative estimate of drug-likeness (QED) is 0.646. The van der Waals surface area contributed by atoms with E-state index in [1.807, 2.05) is 0 Å². The van der Waals surface area contributed by atoms with Crippen molar-refractivity contribution in [3.05, 3.63) is 47.0 Å². The van der Waals surface area contributed by atoms with Crippen LogP contribution in [-0.4, -0.2) is 5.54 Å². The van der Waals surface area contributed by atoms with Gasteiger partial charge in [0.05, 0.1) is 0 Å². The number of unbranched alkanes of at least 4 members (excludes halogenated alkanes) is 1. The van der Waals surface area contributed by atoms with E-state index < -0.39 is 0 Å². The lowest BCUT2D eigenvalue weighted by Crippen LogP contribution is -2.35. The van der Waals surface area contributed by atoms with Crippen molar-refractivity contribution in [1.29, 1.82) is 0 Å². The van der Waals surface area contributed by atoms with Crippen molar-refractivity contribution in [2.75, 3.05) is 0 Å². The van der Waals surface area contributed by atoms with Crippen molar-refractivity contribution in [2.45, 2.75) is 89.5 Å². The highest BCUT2D eigenvalue weighted by atomic mass is 14.8. The van der Waals surface area contributed by atoms with Crippen LogP contribution in [0.15, 0.2) is 30.4 Å². The van der Waals surface area contributed by atoms with Gasteiger partial charge in [0.25, 0.3) is 0 Å². The summed E-state index contributed by atoms with van der Waals surface area (Å²) >= 11 is 0. The Labute approximate surface area is 148 Å². The standard InChI is InChI=1S/C23H35N/c1-3-5-6-7-8-18-9-10-20-16-21(12-11-19(20)15-18)22-13-14-23(24,4-2)17-22/h6-7,11-12,16,18,22H,3-5,8-10,13-15,17,24H2,1-2H3/b7-6-/t18-,22+,23-/m1/s1. The van der Waals surface area contributed by atoms with Gasteiger partial charge in [0.2, 0.25) is 0 Å². The molecule has 2 aliphatic carbocycles. The predicted octanol–water partition coefficient (Wildman–Crippen LogP) is 5.91. The molecule has 1 aromatic carbocycles. The van der Waals surface area contributed by atoms with Crippen LogP contribution in [0.25, 0.3) is 0 Å². The number of benzene rings is 1. The van der Waals surface area contributed by atoms with Gasteiger partial charge in [0.15, 0.2) is 0 Å². The second kappa shape index (κ2) is 7.87. The number of fused-ring (bicyclic) bond motifs is 1. The summed E-state index contributed by atoms with van der Waals surface area (Å²) in [5.74, 6) is 1.54. The molecule has 1 aromatic rings. The van der Waals surface area contributed by atoms with Crippen molar-refractivity contribution in [1.82, 2.24) is 0 Å². The summed E-state index contributed by atoms with van der Waals surface area (Å²) < 4.78 is 0. The van der Waals surface area contributed by atoms with Crippen molar-refractivity contribution < 1.29 is 0 Å². The average molecular weight is 326 g/mol. The van der Waals surface area contributed by atoms with Crippen molar-refractivity contribution in [3.8, 4) is 0 Å². The van der Waals surface area contributed by atoms with Crippen LogP contribution in [-0.2, 0) is 12.8 Å². The molecule has 2 N–H and O–H groups in total. The van der Waals surface area contributed by atoms with E-state index in [9.17, 15) is 0 Å². The zero-order chi connectivity index (χ0) is 17.0. The fourth-order valence-corrected chi connectivity index (χ4v) is 4.64. The molecule has 3 rings (SSSR count). The first-order chi connectivity index (χ1) is 11.6. The van der Waals surface area contributed by atoms with Gasteiger partial charge in [0, 0.05) is 5.54 Å². The number of hydrogen-bond acceptors (Lipinski definition) is 1. The Kier molecular flexibility index (Phi) is 5.81. The molecule has 0 aromatic heterocycles. The summed E-state index contributed by atoms with van der Waals surface area (Å²) in [6, 6.07) is 7.35. The summed E-state index contributed by atoms with van der Waals surface area (Å²) in [7, 11) is 0. The van der Waals surface area contributed by atoms with Crippen LogP contribution in [0, 0.1) is 5.92 Å². The summed E-state index contributed by atoms with van der Waals surface area (Å²) in [6.07, 6.45) is 17.2. The van der Waals surface area contributed by atoms with Crippen LogP contribution in [0.2, 0.25) is 0 Å². The maximum absolute atomic E-state index is 6.50. The van der Waals surface area contributed by atoms with Crippen LogP contribution >= 0.6 is 0 Å². The molecule has 2 aliphatic rings. The normalized spacial score (nSPS) is 30.0. The number of nitrogens with two attached hydrogens (primary N) is 1. The van der Waals surface area contributed by atoms with E-state index in [4.69, 9.17) is 5.73 Å². The van der Waals surface area contributed by atoms with Gasteiger partial charge < -0.3 is 5.73 Å². The van der Waals surface area contributed by atoms with E-state index in [2.05, 4.69) is 44.2 Å². The Morgan fingerprint density at radius 3 is 2.79 bits per heavy atom. The molecule has 1 fully saturated rings. The van der Waals surface area contributed by atoms with Crippen molar-refractivity contribution in [2.24, 2.45) is 11.7 Å². The van der Waals surface area contributed by atoms with E-state index in [1.165, 1.54) is 57.8 Å². The fourth-order valence-electron chi connectivity index (χ4n) is 4.64. The van der Waals surface area contributed by atoms with Gasteiger partial charge in [0.1, 0.15) is 0 Å². The molecular weight excluding hydrogens is 290 g/mol. The van der Waals surface area contributed by atoms with Gasteiger partial charge in [-0.25, -0.2) is 0 Å². The third-order valence-corrected chi connectivity index (χ3v) is 6.47. The van der Waals surface area contributed by atoms with Gasteiger partial charge in [-0.2, -0.15) is 0 Å². The molecule has 0 spiro atoms. The average Bonchev–Trinajstić information content (AvgIpc) is 3.01. The second-order valence-electron chi connectivity index (χ2n) is 8.29. The molecule has 0 amide bonds. The maximum Gasteiger partial charge on any atom is 0.0157 e. The van der Waals surface area contributed by atoms with E-state index >= 15 is 0 Å². The Morgan fingerprint density at radius 2 is 2.04 bits per heavy atom. The molecule has 0 bridgehead atoms. The number of hydrogen-bond donors (Lipinski definition) is 1. The van der Waals surface area contributed by atoms with Gasteiger partial charge in [-0.05, 0) is 86.3 Å². The molecule has 1 heteroatoms. The van der Waals surface area contributed by atoms with E-state index in [0.29, 0.717) is 5.92 Å². The molecule has 132 valence electrons. The van der Waals surface area contributed by atoms with E-state index in [1.54, 1.807) is 16.7 Å². The summed E-state index contributed by atoms with van der Waals surface area (Å²) in [5, 5.41) is 0. The number of rotatable bonds is 6. The highest BCUT2D eigenvalue weighted by Gasteiger charge is 2.35. The highest BCUT2D eigenvalue weighted by Crippen LogP contribution is 2.42. The first-order valence-corrected chi connectivity index (χ1v) is 10.2. The molecule has 1 saturated carbocycles. The van der Waals surface area contributed by atoms with E-state index in [0.717, 1.165) is 12.3 Å². The van der Waals surface area contributed by atoms with Crippen LogP contribution in [0.3, 0.4) is 0 Å². The van der Waals surface area contributed by atoms with Crippen LogP contribution in [0.5, 0.6) is 0 Å². The lowest BCUT2D eigenvalue weighted by Gasteiger charge is -2.26. The monoisotopic (exact) mass is 325 g/mol. The number of allylic oxidation sites excluding steroid dienone is 2. The molecule has 3 atom stereocenters. The zero-order valence-corrected chi connectivity index (χ0v) is 15.7. The molecule has 0 heterocycles. The Bertz CT molecular complexity index is 573. The van der Waals surface area contributed by atoms with Gasteiger partial charge >= 0.3 is 0 Å². The highest BCUT2D eigenvalue weighted by molar-refractivity contribution is 5.36. The zero-order valence-electron chi connectivity index (χ0n) is 15.7. The minimum Gasteiger partial charge on any atom is -0.325 e. The molecule has 0 unspecified atom stereocenters. The van der Waals surface area contributed by atoms with Gasteiger partial charge in [-0.15, -0.1) is 0 Å². The molecule has 1 nitrogen and oxygen atoms in total. The third-order valence-electron chi connectivity index (χ3n) is 6.47. The van der Waals surface area contributed by atoms with Crippen molar-refractivity contribution >= 4 is 0 Å². The first-order valence-electron chi connectivity index (χ1n) is 10.2. The van der Waals surface area contributed by atoms with Crippen molar-refractivity contribution in [3.63, 3.8) is 0 Å². The molecular formula is C23H35N. The minimum atomic E-state index is 0.0937. The first kappa shape index (κ1) is 17.7. The third kappa shape index (κ3) is 4.11. The smallest absolute Gasteiger partial charge is 0.0157 e. The Hall–Kier alpha value is -1.08. The second-order valence-corrected chi connectivity index (χ2v) is 8.29. The van der Waals surface area contributed by atoms with Crippen LogP contribution < -0.4 is 5.73 Å². The van der Waals surface area contributed by atoms with Gasteiger partial charge in [-0.3, -0.25) is 0 Å². The maximum atomic E-state index is 6.50. The predicted molar refractivity (Wildman–Crippen MR) is 104 cm³/mol. The SMILES string of the molecule is CCC/C=C\C[C@@H]1CCc2cc([C@H]3CC[C@](N)(CC)C3)ccc2C1. The fraction of sp³-hybridized carbons (Fsp3) is 0.652.